The summed E-state index contributed by atoms with van der Waals surface area (Å²) in [4.78, 5) is 53.3. The van der Waals surface area contributed by atoms with E-state index in [0.717, 1.165) is 0 Å². The number of halogens is 1. The minimum atomic E-state index is -2.74. The number of aromatic hydroxyl groups is 1. The number of phenolic OH excluding ortho intramolecular Hbond substituents is 1. The topological polar surface area (TPSA) is 194 Å². The van der Waals surface area contributed by atoms with Crippen LogP contribution in [0.4, 0.5) is 11.4 Å². The molecule has 198 valence electrons. The molecule has 0 bridgehead atoms. The summed E-state index contributed by atoms with van der Waals surface area (Å²) in [6, 6.07) is -1.18. The van der Waals surface area contributed by atoms with Crippen LogP contribution in [-0.2, 0) is 25.6 Å². The van der Waals surface area contributed by atoms with E-state index in [1.807, 2.05) is 0 Å². The minimum absolute atomic E-state index is 0.00827. The maximum Gasteiger partial charge on any atom is 0.255 e. The highest BCUT2D eigenvalue weighted by molar-refractivity contribution is 6.37. The number of rotatable bonds is 5. The molecule has 0 aromatic heterocycles. The first-order chi connectivity index (χ1) is 17.2. The molecule has 3 aliphatic rings. The highest BCUT2D eigenvalue weighted by Gasteiger charge is 2.64. The molecule has 0 aliphatic heterocycles. The van der Waals surface area contributed by atoms with Gasteiger partial charge in [-0.1, -0.05) is 11.6 Å². The van der Waals surface area contributed by atoms with Crippen LogP contribution in [0.2, 0.25) is 5.02 Å². The van der Waals surface area contributed by atoms with E-state index in [1.54, 1.807) is 19.0 Å². The van der Waals surface area contributed by atoms with Crippen molar-refractivity contribution in [1.29, 1.82) is 0 Å². The number of Topliss-reactive ketones (excluding diaryl/α,β-unsaturated/α-hetero) is 2. The Morgan fingerprint density at radius 1 is 1.19 bits per heavy atom. The van der Waals surface area contributed by atoms with Crippen molar-refractivity contribution in [3.05, 3.63) is 33.1 Å². The molecule has 1 aromatic carbocycles. The monoisotopic (exact) mass is 534 g/mol. The number of nitrogens with one attached hydrogen (secondary N) is 1. The van der Waals surface area contributed by atoms with Crippen molar-refractivity contribution < 1.29 is 39.6 Å². The van der Waals surface area contributed by atoms with Crippen LogP contribution < -0.4 is 16.0 Å². The van der Waals surface area contributed by atoms with Gasteiger partial charge in [0.05, 0.1) is 22.3 Å². The van der Waals surface area contributed by atoms with Crippen LogP contribution >= 0.6 is 11.6 Å². The van der Waals surface area contributed by atoms with E-state index in [0.29, 0.717) is 11.3 Å². The van der Waals surface area contributed by atoms with Crippen molar-refractivity contribution in [3.8, 4) is 5.75 Å². The Hall–Kier alpha value is -3.61. The number of carbonyl (C=O) groups excluding carboxylic acids is 4. The maximum atomic E-state index is 13.9. The molecule has 2 unspecified atom stereocenters. The number of carbonyl (C=O) groups is 4. The van der Waals surface area contributed by atoms with Crippen molar-refractivity contribution >= 4 is 52.6 Å². The Labute approximate surface area is 216 Å². The number of benzene rings is 1. The van der Waals surface area contributed by atoms with Crippen molar-refractivity contribution in [3.63, 3.8) is 0 Å². The number of aliphatic hydroxyl groups is 3. The number of hydrogen-bond donors (Lipinski definition) is 6. The Morgan fingerprint density at radius 3 is 2.32 bits per heavy atom. The first-order valence-corrected chi connectivity index (χ1v) is 11.7. The fraction of sp³-hybridized carbons (Fsp3) is 0.417. The summed E-state index contributed by atoms with van der Waals surface area (Å²) in [5, 5.41) is 47.1. The second kappa shape index (κ2) is 8.75. The molecule has 1 fully saturated rings. The molecule has 0 saturated heterocycles. The van der Waals surface area contributed by atoms with Crippen molar-refractivity contribution in [1.82, 2.24) is 4.90 Å². The number of nitrogens with two attached hydrogens (primary N) is 1. The lowest BCUT2D eigenvalue weighted by molar-refractivity contribution is -0.153. The lowest BCUT2D eigenvalue weighted by Gasteiger charge is -2.50. The predicted octanol–water partition coefficient (Wildman–Crippen LogP) is 0.252. The lowest BCUT2D eigenvalue weighted by atomic mass is 9.57. The third-order valence-electron chi connectivity index (χ3n) is 7.45. The minimum Gasteiger partial charge on any atom is -0.508 e. The van der Waals surface area contributed by atoms with Gasteiger partial charge in [-0.25, -0.2) is 0 Å². The Kier molecular flexibility index (Phi) is 6.26. The Morgan fingerprint density at radius 2 is 1.81 bits per heavy atom. The number of primary amides is 1. The van der Waals surface area contributed by atoms with Crippen LogP contribution in [0, 0.1) is 11.8 Å². The summed E-state index contributed by atoms with van der Waals surface area (Å²) in [6.45, 7) is 0. The highest BCUT2D eigenvalue weighted by Crippen LogP contribution is 2.56. The van der Waals surface area contributed by atoms with Crippen LogP contribution in [0.1, 0.15) is 17.5 Å². The zero-order valence-corrected chi connectivity index (χ0v) is 21.3. The van der Waals surface area contributed by atoms with Gasteiger partial charge >= 0.3 is 0 Å². The van der Waals surface area contributed by atoms with Gasteiger partial charge in [-0.15, -0.1) is 0 Å². The predicted molar refractivity (Wildman–Crippen MR) is 133 cm³/mol. The first-order valence-electron chi connectivity index (χ1n) is 11.3. The summed E-state index contributed by atoms with van der Waals surface area (Å²) < 4.78 is 0. The zero-order chi connectivity index (χ0) is 27.7. The fourth-order valence-electron chi connectivity index (χ4n) is 5.98. The summed E-state index contributed by atoms with van der Waals surface area (Å²) >= 11 is 6.50. The number of likely N-dealkylation sites (N-methyl/N-ethyl adjacent to an activating group) is 1. The number of hydrogen-bond acceptors (Lipinski definition) is 10. The van der Waals surface area contributed by atoms with Gasteiger partial charge in [-0.2, -0.15) is 0 Å². The molecule has 2 amide bonds. The van der Waals surface area contributed by atoms with Gasteiger partial charge < -0.3 is 36.4 Å². The van der Waals surface area contributed by atoms with Crippen LogP contribution in [0.15, 0.2) is 16.9 Å². The molecule has 0 radical (unpaired) electrons. The number of amides is 2. The van der Waals surface area contributed by atoms with Gasteiger partial charge in [0.2, 0.25) is 12.2 Å². The number of aliphatic hydroxyl groups excluding tert-OH is 2. The van der Waals surface area contributed by atoms with Gasteiger partial charge in [0.1, 0.15) is 22.8 Å². The molecule has 13 heteroatoms. The number of nitrogens with zero attached hydrogens (tertiary/aromatic N) is 2. The molecule has 0 heterocycles. The van der Waals surface area contributed by atoms with Gasteiger partial charge in [-0.05, 0) is 38.4 Å². The maximum absolute atomic E-state index is 13.9. The quantitative estimate of drug-likeness (QED) is 0.173. The summed E-state index contributed by atoms with van der Waals surface area (Å²) in [6.07, 6.45) is 0.304. The average Bonchev–Trinajstić information content (AvgIpc) is 2.78. The standard InChI is InChI=1S/C24H27ClN4O8/c1-28(2)16-9-5-8-6-10-17(29(3)4)20(33)13(23(26)36)22(35)24(10,37)21(34)11(8)18(31)12(9)19(32)15(14(16)25)27-7-30/h7-8,10,17,31-32,35,37H,5-6H2,1-4H3,(H2,26,36)(H,27,30)/t8?,10?,17-,24-/m0/s1. The molecule has 1 aromatic rings. The van der Waals surface area contributed by atoms with Crippen molar-refractivity contribution in [2.24, 2.45) is 17.6 Å². The average molecular weight is 535 g/mol. The Balaban J connectivity index is 2.04. The molecule has 4 rings (SSSR count). The van der Waals surface area contributed by atoms with Crippen molar-refractivity contribution in [2.75, 3.05) is 38.4 Å². The third kappa shape index (κ3) is 3.43. The van der Waals surface area contributed by atoms with E-state index in [1.165, 1.54) is 19.0 Å². The Bertz CT molecular complexity index is 1330. The molecular formula is C24H27ClN4O8. The smallest absolute Gasteiger partial charge is 0.255 e. The normalized spacial score (nSPS) is 27.1. The zero-order valence-electron chi connectivity index (χ0n) is 20.5. The molecule has 12 nitrogen and oxygen atoms in total. The van der Waals surface area contributed by atoms with E-state index < -0.39 is 63.8 Å². The number of ketones is 2. The molecule has 1 saturated carbocycles. The number of fused-ring (bicyclic) bond motifs is 3. The van der Waals surface area contributed by atoms with Crippen LogP contribution in [-0.4, -0.2) is 89.0 Å². The van der Waals surface area contributed by atoms with Crippen LogP contribution in [0.5, 0.6) is 5.75 Å². The molecule has 37 heavy (non-hydrogen) atoms. The van der Waals surface area contributed by atoms with Crippen LogP contribution in [0.25, 0.3) is 5.76 Å². The van der Waals surface area contributed by atoms with E-state index in [9.17, 15) is 39.6 Å². The van der Waals surface area contributed by atoms with Gasteiger partial charge in [-0.3, -0.25) is 24.1 Å². The van der Waals surface area contributed by atoms with Crippen molar-refractivity contribution in [2.45, 2.75) is 24.5 Å². The lowest BCUT2D eigenvalue weighted by Crippen LogP contribution is -2.65. The van der Waals surface area contributed by atoms with E-state index in [2.05, 4.69) is 5.32 Å². The van der Waals surface area contributed by atoms with Gasteiger partial charge in [0.15, 0.2) is 17.1 Å². The molecule has 7 N–H and O–H groups in total. The molecule has 3 aliphatic carbocycles. The fourth-order valence-corrected chi connectivity index (χ4v) is 6.41. The van der Waals surface area contributed by atoms with E-state index in [-0.39, 0.29) is 41.1 Å². The summed E-state index contributed by atoms with van der Waals surface area (Å²) in [7, 11) is 6.38. The van der Waals surface area contributed by atoms with Gasteiger partial charge in [0, 0.05) is 25.6 Å². The van der Waals surface area contributed by atoms with E-state index >= 15 is 0 Å². The SMILES string of the molecule is CN(C)c1c(Cl)c(NC=O)c(O)c2c1CC1CC3[C@H](N(C)C)C(=O)C(C(N)=O)=C(O)[C@@]3(O)C(=O)C1=C2O. The van der Waals surface area contributed by atoms with E-state index in [4.69, 9.17) is 17.3 Å². The van der Waals surface area contributed by atoms with Gasteiger partial charge in [0.25, 0.3) is 5.91 Å². The number of phenols is 1. The number of anilines is 2. The second-order valence-electron chi connectivity index (χ2n) is 9.86. The molecular weight excluding hydrogens is 508 g/mol. The summed E-state index contributed by atoms with van der Waals surface area (Å²) in [5.41, 5.74) is 1.79. The second-order valence-corrected chi connectivity index (χ2v) is 10.2. The third-order valence-corrected chi connectivity index (χ3v) is 7.82. The molecule has 0 spiro atoms. The highest BCUT2D eigenvalue weighted by atomic mass is 35.5. The molecule has 4 atom stereocenters. The largest absolute Gasteiger partial charge is 0.508 e. The first kappa shape index (κ1) is 26.5. The summed E-state index contributed by atoms with van der Waals surface area (Å²) in [5.74, 6) is -7.63. The van der Waals surface area contributed by atoms with Crippen LogP contribution in [0.3, 0.4) is 0 Å².